The Morgan fingerprint density at radius 1 is 1.04 bits per heavy atom. The van der Waals surface area contributed by atoms with Crippen molar-refractivity contribution in [3.05, 3.63) is 34.6 Å². The molecule has 3 aliphatic rings. The van der Waals surface area contributed by atoms with Gasteiger partial charge < -0.3 is 33.6 Å². The molecule has 2 aromatic rings. The predicted octanol–water partition coefficient (Wildman–Crippen LogP) is 5.64. The molecule has 0 aliphatic carbocycles. The number of pyridine rings is 1. The molecule has 0 radical (unpaired) electrons. The van der Waals surface area contributed by atoms with Crippen molar-refractivity contribution in [1.82, 2.24) is 14.8 Å². The molecule has 5 rings (SSSR count). The van der Waals surface area contributed by atoms with Crippen molar-refractivity contribution in [1.29, 1.82) is 0 Å². The number of nitrogens with zero attached hydrogens (tertiary/aromatic N) is 4. The van der Waals surface area contributed by atoms with Crippen LogP contribution in [0.15, 0.2) is 18.2 Å². The van der Waals surface area contributed by atoms with Gasteiger partial charge in [0.15, 0.2) is 5.75 Å². The SMILES string of the molecule is CC(C)(C)OC(=O)Oc1cccc(F)c1-c1nc(N2CC(OS(C)(=O)=O)CC2(C)C)c2c(c1Cl)OC[C@H]1CN(C(=O)OC(C)(C)C)CCN1C2=O. The third-order valence-corrected chi connectivity index (χ3v) is 9.28. The highest BCUT2D eigenvalue weighted by Gasteiger charge is 2.47. The normalized spacial score (nSPS) is 20.6. The molecule has 2 atom stereocenters. The number of piperazine rings is 1. The van der Waals surface area contributed by atoms with Gasteiger partial charge in [0.05, 0.1) is 24.0 Å². The molecule has 51 heavy (non-hydrogen) atoms. The third-order valence-electron chi connectivity index (χ3n) is 8.31. The number of ether oxygens (including phenoxy) is 4. The molecule has 280 valence electrons. The van der Waals surface area contributed by atoms with Gasteiger partial charge in [0.1, 0.15) is 51.5 Å². The van der Waals surface area contributed by atoms with Crippen LogP contribution in [0.5, 0.6) is 11.5 Å². The van der Waals surface area contributed by atoms with E-state index in [-0.39, 0.29) is 78.4 Å². The quantitative estimate of drug-likeness (QED) is 0.211. The van der Waals surface area contributed by atoms with Crippen molar-refractivity contribution >= 4 is 45.7 Å². The Labute approximate surface area is 302 Å². The van der Waals surface area contributed by atoms with Gasteiger partial charge in [0, 0.05) is 31.7 Å². The van der Waals surface area contributed by atoms with Crippen LogP contribution in [0.1, 0.15) is 72.2 Å². The molecule has 2 saturated heterocycles. The van der Waals surface area contributed by atoms with E-state index < -0.39 is 63.0 Å². The van der Waals surface area contributed by atoms with E-state index in [2.05, 4.69) is 0 Å². The number of carbonyl (C=O) groups excluding carboxylic acids is 3. The van der Waals surface area contributed by atoms with Crippen LogP contribution in [0.2, 0.25) is 5.02 Å². The first-order chi connectivity index (χ1) is 23.4. The second-order valence-corrected chi connectivity index (χ2v) is 17.4. The number of fused-ring (bicyclic) bond motifs is 2. The second kappa shape index (κ2) is 13.6. The van der Waals surface area contributed by atoms with Crippen LogP contribution in [0.3, 0.4) is 0 Å². The predicted molar refractivity (Wildman–Crippen MR) is 185 cm³/mol. The molecular formula is C34H44ClFN4O10S. The highest BCUT2D eigenvalue weighted by atomic mass is 35.5. The maximum Gasteiger partial charge on any atom is 0.514 e. The van der Waals surface area contributed by atoms with E-state index in [0.29, 0.717) is 0 Å². The largest absolute Gasteiger partial charge is 0.514 e. The molecular weight excluding hydrogens is 711 g/mol. The van der Waals surface area contributed by atoms with Gasteiger partial charge >= 0.3 is 12.2 Å². The lowest BCUT2D eigenvalue weighted by atomic mass is 10.00. The zero-order valence-corrected chi connectivity index (χ0v) is 31.7. The molecule has 3 aliphatic heterocycles. The Hall–Kier alpha value is -3.89. The summed E-state index contributed by atoms with van der Waals surface area (Å²) in [5.41, 5.74) is -3.02. The van der Waals surface area contributed by atoms with Crippen molar-refractivity contribution in [3.63, 3.8) is 0 Å². The number of anilines is 1. The molecule has 0 N–H and O–H groups in total. The van der Waals surface area contributed by atoms with Crippen LogP contribution in [0, 0.1) is 5.82 Å². The van der Waals surface area contributed by atoms with Crippen molar-refractivity contribution in [2.75, 3.05) is 43.9 Å². The summed E-state index contributed by atoms with van der Waals surface area (Å²) in [4.78, 5) is 49.8. The summed E-state index contributed by atoms with van der Waals surface area (Å²) in [7, 11) is -3.85. The molecule has 2 fully saturated rings. The number of amides is 2. The fourth-order valence-electron chi connectivity index (χ4n) is 6.35. The first kappa shape index (κ1) is 38.3. The van der Waals surface area contributed by atoms with E-state index in [9.17, 15) is 22.8 Å². The van der Waals surface area contributed by atoms with Crippen LogP contribution in [-0.2, 0) is 23.8 Å². The molecule has 17 heteroatoms. The zero-order chi connectivity index (χ0) is 37.8. The first-order valence-electron chi connectivity index (χ1n) is 16.4. The average Bonchev–Trinajstić information content (AvgIpc) is 3.16. The zero-order valence-electron chi connectivity index (χ0n) is 30.2. The van der Waals surface area contributed by atoms with Gasteiger partial charge in [0.25, 0.3) is 16.0 Å². The Balaban J connectivity index is 1.65. The summed E-state index contributed by atoms with van der Waals surface area (Å²) in [6, 6.07) is 3.19. The lowest BCUT2D eigenvalue weighted by molar-refractivity contribution is 0.000932. The summed E-state index contributed by atoms with van der Waals surface area (Å²) in [6.45, 7) is 14.2. The molecule has 0 bridgehead atoms. The van der Waals surface area contributed by atoms with Gasteiger partial charge in [-0.1, -0.05) is 17.7 Å². The highest BCUT2D eigenvalue weighted by Crippen LogP contribution is 2.48. The number of hydrogen-bond acceptors (Lipinski definition) is 12. The summed E-state index contributed by atoms with van der Waals surface area (Å²) in [5.74, 6) is -1.68. The minimum Gasteiger partial charge on any atom is -0.489 e. The molecule has 14 nitrogen and oxygen atoms in total. The molecule has 4 heterocycles. The second-order valence-electron chi connectivity index (χ2n) is 15.4. The average molecular weight is 755 g/mol. The Morgan fingerprint density at radius 2 is 1.71 bits per heavy atom. The van der Waals surface area contributed by atoms with Crippen molar-refractivity contribution in [2.24, 2.45) is 0 Å². The van der Waals surface area contributed by atoms with Gasteiger partial charge in [-0.05, 0) is 73.9 Å². The smallest absolute Gasteiger partial charge is 0.489 e. The standard InChI is InChI=1S/C34H44ClFN4O10S/c1-32(2,3)48-30(42)38-13-14-39-19(16-38)18-46-27-24(29(39)41)28(40-17-20(15-34(40,7)8)50-51(9,44)45)37-26(25(27)35)23-21(36)11-10-12-22(23)47-31(43)49-33(4,5)6/h10-12,19-20H,13-18H2,1-9H3/t19-,20?/m1/s1. The van der Waals surface area contributed by atoms with E-state index in [1.807, 2.05) is 13.8 Å². The minimum absolute atomic E-state index is 0.0117. The number of aromatic nitrogens is 1. The topological polar surface area (TPSA) is 154 Å². The summed E-state index contributed by atoms with van der Waals surface area (Å²) in [6.07, 6.45) is -1.26. The molecule has 1 unspecified atom stereocenters. The fraction of sp³-hybridized carbons (Fsp3) is 0.588. The highest BCUT2D eigenvalue weighted by molar-refractivity contribution is 7.86. The maximum atomic E-state index is 15.9. The molecule has 0 spiro atoms. The third kappa shape index (κ3) is 8.60. The fourth-order valence-corrected chi connectivity index (χ4v) is 7.26. The lowest BCUT2D eigenvalue weighted by Gasteiger charge is -2.40. The maximum absolute atomic E-state index is 15.9. The minimum atomic E-state index is -3.85. The van der Waals surface area contributed by atoms with Gasteiger partial charge in [-0.15, -0.1) is 0 Å². The lowest BCUT2D eigenvalue weighted by Crippen LogP contribution is -2.58. The summed E-state index contributed by atoms with van der Waals surface area (Å²) >= 11 is 7.00. The number of hydrogen-bond donors (Lipinski definition) is 0. The van der Waals surface area contributed by atoms with Crippen LogP contribution in [0.4, 0.5) is 19.8 Å². The van der Waals surface area contributed by atoms with Crippen LogP contribution in [0.25, 0.3) is 11.3 Å². The Bertz CT molecular complexity index is 1840. The summed E-state index contributed by atoms with van der Waals surface area (Å²) < 4.78 is 68.1. The number of rotatable bonds is 5. The number of halogens is 2. The van der Waals surface area contributed by atoms with Crippen molar-refractivity contribution in [2.45, 2.75) is 90.7 Å². The van der Waals surface area contributed by atoms with E-state index in [1.54, 1.807) is 51.3 Å². The van der Waals surface area contributed by atoms with Gasteiger partial charge in [-0.2, -0.15) is 8.42 Å². The van der Waals surface area contributed by atoms with Crippen molar-refractivity contribution in [3.8, 4) is 22.8 Å². The molecule has 1 aromatic carbocycles. The molecule has 2 amide bonds. The van der Waals surface area contributed by atoms with E-state index in [1.165, 1.54) is 17.0 Å². The number of carbonyl (C=O) groups is 3. The summed E-state index contributed by atoms with van der Waals surface area (Å²) in [5, 5.41) is -0.231. The van der Waals surface area contributed by atoms with E-state index in [4.69, 9.17) is 39.7 Å². The molecule has 1 aromatic heterocycles. The van der Waals surface area contributed by atoms with Gasteiger partial charge in [0.2, 0.25) is 0 Å². The number of benzene rings is 1. The van der Waals surface area contributed by atoms with Crippen LogP contribution in [-0.4, -0.2) is 109 Å². The van der Waals surface area contributed by atoms with Crippen molar-refractivity contribution < 1.29 is 50.3 Å². The first-order valence-corrected chi connectivity index (χ1v) is 18.6. The van der Waals surface area contributed by atoms with Gasteiger partial charge in [-0.3, -0.25) is 8.98 Å². The van der Waals surface area contributed by atoms with Crippen LogP contribution < -0.4 is 14.4 Å². The Kier molecular flexibility index (Phi) is 10.2. The van der Waals surface area contributed by atoms with E-state index in [0.717, 1.165) is 12.3 Å². The van der Waals surface area contributed by atoms with E-state index >= 15 is 4.39 Å². The Morgan fingerprint density at radius 3 is 2.33 bits per heavy atom. The van der Waals surface area contributed by atoms with Crippen LogP contribution >= 0.6 is 11.6 Å². The monoisotopic (exact) mass is 754 g/mol. The van der Waals surface area contributed by atoms with Gasteiger partial charge in [-0.25, -0.2) is 19.0 Å². The molecule has 0 saturated carbocycles.